The Hall–Kier alpha value is -1.58. The topological polar surface area (TPSA) is 59.3 Å². The van der Waals surface area contributed by atoms with Crippen LogP contribution in [0.4, 0.5) is 0 Å². The number of fused-ring (bicyclic) bond motifs is 1. The normalized spacial score (nSPS) is 16.0. The van der Waals surface area contributed by atoms with Crippen molar-refractivity contribution in [2.24, 2.45) is 0 Å². The first-order chi connectivity index (χ1) is 5.27. The maximum atomic E-state index is 11.0. The highest BCUT2D eigenvalue weighted by molar-refractivity contribution is 6.09. The van der Waals surface area contributed by atoms with Crippen LogP contribution in [0.15, 0.2) is 16.7 Å². The van der Waals surface area contributed by atoms with Crippen molar-refractivity contribution in [1.29, 1.82) is 0 Å². The van der Waals surface area contributed by atoms with Gasteiger partial charge in [0.15, 0.2) is 0 Å². The van der Waals surface area contributed by atoms with Crippen molar-refractivity contribution in [3.05, 3.63) is 23.7 Å². The van der Waals surface area contributed by atoms with Gasteiger partial charge in [-0.3, -0.25) is 14.9 Å². The molecule has 56 valence electrons. The molecule has 0 spiro atoms. The van der Waals surface area contributed by atoms with Gasteiger partial charge in [0.2, 0.25) is 5.91 Å². The molecule has 0 saturated heterocycles. The highest BCUT2D eigenvalue weighted by Crippen LogP contribution is 2.14. The summed E-state index contributed by atoms with van der Waals surface area (Å²) in [6.07, 6.45) is 1.57. The molecule has 0 saturated carbocycles. The van der Waals surface area contributed by atoms with Crippen LogP contribution in [0.3, 0.4) is 0 Å². The summed E-state index contributed by atoms with van der Waals surface area (Å²) in [5.74, 6) is -0.221. The number of hydrogen-bond donors (Lipinski definition) is 1. The van der Waals surface area contributed by atoms with E-state index in [1.165, 1.54) is 6.26 Å². The second-order valence-electron chi connectivity index (χ2n) is 2.31. The molecule has 4 heteroatoms. The number of amides is 2. The van der Waals surface area contributed by atoms with E-state index < -0.39 is 0 Å². The van der Waals surface area contributed by atoms with Gasteiger partial charge in [-0.2, -0.15) is 0 Å². The summed E-state index contributed by atoms with van der Waals surface area (Å²) in [6, 6.07) is 1.55. The molecule has 0 atom stereocenters. The number of nitrogens with one attached hydrogen (secondary N) is 1. The Morgan fingerprint density at radius 3 is 3.09 bits per heavy atom. The van der Waals surface area contributed by atoms with E-state index >= 15 is 0 Å². The minimum atomic E-state index is -0.370. The van der Waals surface area contributed by atoms with Gasteiger partial charge in [0.05, 0.1) is 18.2 Å². The molecule has 1 aliphatic rings. The van der Waals surface area contributed by atoms with Crippen LogP contribution >= 0.6 is 0 Å². The number of imide groups is 1. The molecule has 1 aromatic rings. The van der Waals surface area contributed by atoms with Crippen LogP contribution in [0, 0.1) is 0 Å². The number of rotatable bonds is 0. The molecule has 0 aromatic carbocycles. The van der Waals surface area contributed by atoms with Gasteiger partial charge in [0, 0.05) is 0 Å². The van der Waals surface area contributed by atoms with Gasteiger partial charge in [0.25, 0.3) is 5.91 Å². The second-order valence-corrected chi connectivity index (χ2v) is 2.31. The molecule has 1 aliphatic heterocycles. The molecular formula is C7H5NO3. The summed E-state index contributed by atoms with van der Waals surface area (Å²) >= 11 is 0. The molecule has 0 radical (unpaired) electrons. The minimum absolute atomic E-state index is 0.161. The van der Waals surface area contributed by atoms with Crippen molar-refractivity contribution < 1.29 is 14.0 Å². The summed E-state index contributed by atoms with van der Waals surface area (Å²) in [5, 5.41) is 2.18. The van der Waals surface area contributed by atoms with E-state index in [1.807, 2.05) is 0 Å². The average molecular weight is 151 g/mol. The van der Waals surface area contributed by atoms with Crippen LogP contribution < -0.4 is 5.32 Å². The van der Waals surface area contributed by atoms with Crippen LogP contribution in [-0.4, -0.2) is 11.8 Å². The van der Waals surface area contributed by atoms with Crippen LogP contribution in [0.1, 0.15) is 16.1 Å². The molecule has 0 bridgehead atoms. The zero-order valence-electron chi connectivity index (χ0n) is 5.59. The number of carbonyl (C=O) groups is 2. The molecule has 0 fully saturated rings. The third-order valence-corrected chi connectivity index (χ3v) is 1.56. The monoisotopic (exact) mass is 151 g/mol. The van der Waals surface area contributed by atoms with Crippen molar-refractivity contribution >= 4 is 11.8 Å². The number of furan rings is 1. The summed E-state index contributed by atoms with van der Waals surface area (Å²) in [6.45, 7) is 0. The van der Waals surface area contributed by atoms with Gasteiger partial charge in [-0.25, -0.2) is 0 Å². The number of carbonyl (C=O) groups excluding carboxylic acids is 2. The Bertz CT molecular complexity index is 326. The van der Waals surface area contributed by atoms with Gasteiger partial charge in [0.1, 0.15) is 5.76 Å². The average Bonchev–Trinajstić information content (AvgIpc) is 2.34. The molecule has 1 aromatic heterocycles. The Morgan fingerprint density at radius 1 is 1.45 bits per heavy atom. The van der Waals surface area contributed by atoms with Crippen molar-refractivity contribution in [1.82, 2.24) is 5.32 Å². The van der Waals surface area contributed by atoms with Gasteiger partial charge in [-0.05, 0) is 6.07 Å². The summed E-state index contributed by atoms with van der Waals surface area (Å²) in [4.78, 5) is 21.7. The fraction of sp³-hybridized carbons (Fsp3) is 0.143. The van der Waals surface area contributed by atoms with Crippen molar-refractivity contribution in [3.63, 3.8) is 0 Å². The molecular weight excluding hydrogens is 146 g/mol. The summed E-state index contributed by atoms with van der Waals surface area (Å²) < 4.78 is 4.92. The first kappa shape index (κ1) is 6.15. The Morgan fingerprint density at radius 2 is 2.27 bits per heavy atom. The molecule has 4 nitrogen and oxygen atoms in total. The highest BCUT2D eigenvalue weighted by atomic mass is 16.3. The highest BCUT2D eigenvalue weighted by Gasteiger charge is 2.24. The fourth-order valence-electron chi connectivity index (χ4n) is 1.06. The zero-order valence-corrected chi connectivity index (χ0v) is 5.59. The van der Waals surface area contributed by atoms with Crippen molar-refractivity contribution in [2.45, 2.75) is 6.42 Å². The van der Waals surface area contributed by atoms with E-state index in [0.717, 1.165) is 0 Å². The van der Waals surface area contributed by atoms with Gasteiger partial charge >= 0.3 is 0 Å². The van der Waals surface area contributed by atoms with E-state index in [4.69, 9.17) is 4.42 Å². The molecule has 2 rings (SSSR count). The molecule has 2 amide bonds. The zero-order chi connectivity index (χ0) is 7.84. The van der Waals surface area contributed by atoms with Gasteiger partial charge in [-0.15, -0.1) is 0 Å². The molecule has 11 heavy (non-hydrogen) atoms. The Balaban J connectivity index is 2.52. The third kappa shape index (κ3) is 0.832. The van der Waals surface area contributed by atoms with Crippen LogP contribution in [0.25, 0.3) is 0 Å². The first-order valence-corrected chi connectivity index (χ1v) is 3.18. The van der Waals surface area contributed by atoms with E-state index in [1.54, 1.807) is 6.07 Å². The third-order valence-electron chi connectivity index (χ3n) is 1.56. The van der Waals surface area contributed by atoms with Crippen LogP contribution in [-0.2, 0) is 11.2 Å². The lowest BCUT2D eigenvalue weighted by atomic mass is 10.1. The predicted molar refractivity (Wildman–Crippen MR) is 34.9 cm³/mol. The largest absolute Gasteiger partial charge is 0.468 e. The molecule has 1 N–H and O–H groups in total. The predicted octanol–water partition coefficient (Wildman–Crippen LogP) is 0.0921. The Labute approximate surface area is 62.2 Å². The second kappa shape index (κ2) is 1.95. The van der Waals surface area contributed by atoms with E-state index in [9.17, 15) is 9.59 Å². The smallest absolute Gasteiger partial charge is 0.261 e. The lowest BCUT2D eigenvalue weighted by molar-refractivity contribution is -0.120. The lowest BCUT2D eigenvalue weighted by Crippen LogP contribution is -2.36. The van der Waals surface area contributed by atoms with E-state index in [2.05, 4.69) is 5.32 Å². The quantitative estimate of drug-likeness (QED) is 0.534. The minimum Gasteiger partial charge on any atom is -0.468 e. The first-order valence-electron chi connectivity index (χ1n) is 3.18. The van der Waals surface area contributed by atoms with Gasteiger partial charge in [-0.1, -0.05) is 0 Å². The lowest BCUT2D eigenvalue weighted by Gasteiger charge is -2.08. The Kier molecular flexibility index (Phi) is 1.09. The van der Waals surface area contributed by atoms with E-state index in [0.29, 0.717) is 11.3 Å². The standard InChI is InChI=1S/C7H5NO3/c9-6-3-5-4(1-2-11-5)7(10)8-6/h1-2H,3H2,(H,8,9,10). The number of hydrogen-bond acceptors (Lipinski definition) is 3. The maximum absolute atomic E-state index is 11.0. The maximum Gasteiger partial charge on any atom is 0.261 e. The summed E-state index contributed by atoms with van der Waals surface area (Å²) in [7, 11) is 0. The fourth-order valence-corrected chi connectivity index (χ4v) is 1.06. The van der Waals surface area contributed by atoms with Crippen LogP contribution in [0.2, 0.25) is 0 Å². The molecule has 0 unspecified atom stereocenters. The van der Waals surface area contributed by atoms with Crippen molar-refractivity contribution in [2.75, 3.05) is 0 Å². The molecule has 2 heterocycles. The molecule has 0 aliphatic carbocycles. The van der Waals surface area contributed by atoms with Gasteiger partial charge < -0.3 is 4.42 Å². The van der Waals surface area contributed by atoms with E-state index in [-0.39, 0.29) is 18.2 Å². The van der Waals surface area contributed by atoms with Crippen molar-refractivity contribution in [3.8, 4) is 0 Å². The SMILES string of the molecule is O=C1Cc2occc2C(=O)N1. The van der Waals surface area contributed by atoms with Crippen LogP contribution in [0.5, 0.6) is 0 Å². The summed E-state index contributed by atoms with van der Waals surface area (Å²) in [5.41, 5.74) is 0.463.